The van der Waals surface area contributed by atoms with Gasteiger partial charge in [-0.1, -0.05) is 18.2 Å². The molecular formula is C14H21N3O2S. The Morgan fingerprint density at radius 3 is 2.75 bits per heavy atom. The average molecular weight is 295 g/mol. The summed E-state index contributed by atoms with van der Waals surface area (Å²) in [5, 5.41) is 8.31. The average Bonchev–Trinajstić information content (AvgIpc) is 2.88. The molecule has 0 aromatic heterocycles. The van der Waals surface area contributed by atoms with Crippen molar-refractivity contribution in [1.29, 1.82) is 0 Å². The Kier molecular flexibility index (Phi) is 3.70. The number of benzene rings is 1. The Hall–Kier alpha value is -1.11. The van der Waals surface area contributed by atoms with Crippen molar-refractivity contribution >= 4 is 15.7 Å². The van der Waals surface area contributed by atoms with Crippen LogP contribution in [0.15, 0.2) is 18.2 Å². The van der Waals surface area contributed by atoms with Crippen LogP contribution in [-0.4, -0.2) is 38.2 Å². The van der Waals surface area contributed by atoms with Gasteiger partial charge in [0, 0.05) is 18.8 Å². The van der Waals surface area contributed by atoms with E-state index in [1.54, 1.807) is 0 Å². The van der Waals surface area contributed by atoms with Gasteiger partial charge in [0.05, 0.1) is 5.25 Å². The van der Waals surface area contributed by atoms with E-state index in [0.29, 0.717) is 12.8 Å². The third-order valence-corrected chi connectivity index (χ3v) is 5.73. The van der Waals surface area contributed by atoms with Crippen LogP contribution in [0.2, 0.25) is 0 Å². The maximum absolute atomic E-state index is 11.4. The van der Waals surface area contributed by atoms with Crippen LogP contribution in [0.4, 0.5) is 5.69 Å². The molecule has 3 N–H and O–H groups in total. The van der Waals surface area contributed by atoms with Crippen LogP contribution in [0, 0.1) is 0 Å². The summed E-state index contributed by atoms with van der Waals surface area (Å²) in [5.41, 5.74) is 3.98. The number of anilines is 1. The van der Waals surface area contributed by atoms with Gasteiger partial charge in [0.2, 0.25) is 10.0 Å². The predicted octanol–water partition coefficient (Wildman–Crippen LogP) is 0.908. The molecule has 2 aliphatic rings. The van der Waals surface area contributed by atoms with Crippen molar-refractivity contribution < 1.29 is 8.42 Å². The van der Waals surface area contributed by atoms with Gasteiger partial charge in [0.25, 0.3) is 0 Å². The minimum absolute atomic E-state index is 0.363. The molecule has 1 aromatic rings. The number of hydrogen-bond donors (Lipinski definition) is 2. The van der Waals surface area contributed by atoms with E-state index >= 15 is 0 Å². The topological polar surface area (TPSA) is 75.4 Å². The zero-order valence-electron chi connectivity index (χ0n) is 11.5. The quantitative estimate of drug-likeness (QED) is 0.869. The molecule has 1 aromatic carbocycles. The molecule has 110 valence electrons. The molecule has 5 nitrogen and oxygen atoms in total. The standard InChI is InChI=1S/C14H21N3O2S/c15-20(18,19)13-5-8-17(9-6-13)10-12-3-1-2-11-4-7-16-14(11)12/h1-3,13,16H,4-10H2,(H2,15,18,19). The molecule has 0 radical (unpaired) electrons. The van der Waals surface area contributed by atoms with Crippen LogP contribution in [0.25, 0.3) is 0 Å². The van der Waals surface area contributed by atoms with Crippen molar-refractivity contribution in [2.24, 2.45) is 5.14 Å². The van der Waals surface area contributed by atoms with Crippen molar-refractivity contribution in [1.82, 2.24) is 4.90 Å². The largest absolute Gasteiger partial charge is 0.384 e. The first-order chi connectivity index (χ1) is 9.54. The highest BCUT2D eigenvalue weighted by Gasteiger charge is 2.27. The van der Waals surface area contributed by atoms with Crippen LogP contribution in [0.5, 0.6) is 0 Å². The Morgan fingerprint density at radius 1 is 1.30 bits per heavy atom. The van der Waals surface area contributed by atoms with Gasteiger partial charge in [-0.3, -0.25) is 4.90 Å². The Morgan fingerprint density at radius 2 is 2.05 bits per heavy atom. The minimum atomic E-state index is -3.37. The first-order valence-corrected chi connectivity index (χ1v) is 8.73. The highest BCUT2D eigenvalue weighted by atomic mass is 32.2. The van der Waals surface area contributed by atoms with Crippen molar-refractivity contribution in [3.63, 3.8) is 0 Å². The molecule has 2 heterocycles. The van der Waals surface area contributed by atoms with Crippen LogP contribution in [-0.2, 0) is 23.0 Å². The number of nitrogens with one attached hydrogen (secondary N) is 1. The van der Waals surface area contributed by atoms with E-state index in [1.807, 2.05) is 0 Å². The Labute approximate surface area is 120 Å². The van der Waals surface area contributed by atoms with Crippen molar-refractivity contribution in [2.75, 3.05) is 25.0 Å². The molecule has 0 amide bonds. The fourth-order valence-electron chi connectivity index (χ4n) is 3.18. The lowest BCUT2D eigenvalue weighted by molar-refractivity contribution is 0.222. The van der Waals surface area contributed by atoms with Gasteiger partial charge in [0.15, 0.2) is 0 Å². The summed E-state index contributed by atoms with van der Waals surface area (Å²) in [6, 6.07) is 6.44. The van der Waals surface area contributed by atoms with Gasteiger partial charge in [-0.2, -0.15) is 0 Å². The van der Waals surface area contributed by atoms with Crippen LogP contribution >= 0.6 is 0 Å². The molecule has 3 rings (SSSR count). The number of piperidine rings is 1. The number of nitrogens with two attached hydrogens (primary N) is 1. The fourth-order valence-corrected chi connectivity index (χ4v) is 4.05. The second-order valence-corrected chi connectivity index (χ2v) is 7.54. The number of sulfonamides is 1. The smallest absolute Gasteiger partial charge is 0.212 e. The molecule has 0 bridgehead atoms. The highest BCUT2D eigenvalue weighted by Crippen LogP contribution is 2.28. The second kappa shape index (κ2) is 5.35. The lowest BCUT2D eigenvalue weighted by Crippen LogP contribution is -2.41. The van der Waals surface area contributed by atoms with Gasteiger partial charge in [-0.05, 0) is 43.5 Å². The van der Waals surface area contributed by atoms with E-state index in [9.17, 15) is 8.42 Å². The number of likely N-dealkylation sites (tertiary alicyclic amines) is 1. The van der Waals surface area contributed by atoms with E-state index in [-0.39, 0.29) is 5.25 Å². The lowest BCUT2D eigenvalue weighted by atomic mass is 10.1. The number of rotatable bonds is 3. The monoisotopic (exact) mass is 295 g/mol. The number of fused-ring (bicyclic) bond motifs is 1. The lowest BCUT2D eigenvalue weighted by Gasteiger charge is -2.31. The molecule has 0 unspecified atom stereocenters. The molecular weight excluding hydrogens is 274 g/mol. The van der Waals surface area contributed by atoms with Gasteiger partial charge in [-0.25, -0.2) is 13.6 Å². The number of primary sulfonamides is 1. The summed E-state index contributed by atoms with van der Waals surface area (Å²) in [5.74, 6) is 0. The maximum Gasteiger partial charge on any atom is 0.212 e. The maximum atomic E-state index is 11.4. The third kappa shape index (κ3) is 2.82. The number of hydrogen-bond acceptors (Lipinski definition) is 4. The van der Waals surface area contributed by atoms with Crippen LogP contribution in [0.3, 0.4) is 0 Å². The van der Waals surface area contributed by atoms with Crippen LogP contribution < -0.4 is 10.5 Å². The molecule has 0 aliphatic carbocycles. The molecule has 6 heteroatoms. The zero-order chi connectivity index (χ0) is 14.2. The number of nitrogens with zero attached hydrogens (tertiary/aromatic N) is 1. The minimum Gasteiger partial charge on any atom is -0.384 e. The summed E-state index contributed by atoms with van der Waals surface area (Å²) in [6.07, 6.45) is 2.37. The summed E-state index contributed by atoms with van der Waals surface area (Å²) in [6.45, 7) is 3.49. The SMILES string of the molecule is NS(=O)(=O)C1CCN(Cc2cccc3c2NCC3)CC1. The van der Waals surface area contributed by atoms with Crippen molar-refractivity contribution in [3.05, 3.63) is 29.3 Å². The van der Waals surface area contributed by atoms with E-state index in [0.717, 1.165) is 32.6 Å². The van der Waals surface area contributed by atoms with E-state index in [1.165, 1.54) is 16.8 Å². The first-order valence-electron chi connectivity index (χ1n) is 7.12. The molecule has 1 saturated heterocycles. The summed E-state index contributed by atoms with van der Waals surface area (Å²) in [7, 11) is -3.37. The van der Waals surface area contributed by atoms with Crippen molar-refractivity contribution in [3.8, 4) is 0 Å². The normalized spacial score (nSPS) is 20.6. The van der Waals surface area contributed by atoms with Gasteiger partial charge < -0.3 is 5.32 Å². The van der Waals surface area contributed by atoms with Gasteiger partial charge in [-0.15, -0.1) is 0 Å². The molecule has 0 saturated carbocycles. The Bertz CT molecular complexity index is 592. The first kappa shape index (κ1) is 13.9. The van der Waals surface area contributed by atoms with Gasteiger partial charge in [0.1, 0.15) is 0 Å². The third-order valence-electron chi connectivity index (χ3n) is 4.33. The highest BCUT2D eigenvalue weighted by molar-refractivity contribution is 7.89. The Balaban J connectivity index is 1.65. The van der Waals surface area contributed by atoms with Crippen LogP contribution in [0.1, 0.15) is 24.0 Å². The molecule has 0 spiro atoms. The second-order valence-electron chi connectivity index (χ2n) is 5.69. The summed E-state index contributed by atoms with van der Waals surface area (Å²) < 4.78 is 22.7. The molecule has 2 aliphatic heterocycles. The summed E-state index contributed by atoms with van der Waals surface area (Å²) >= 11 is 0. The molecule has 0 atom stereocenters. The molecule has 1 fully saturated rings. The number of para-hydroxylation sites is 1. The zero-order valence-corrected chi connectivity index (χ0v) is 12.3. The fraction of sp³-hybridized carbons (Fsp3) is 0.571. The van der Waals surface area contributed by atoms with E-state index in [2.05, 4.69) is 28.4 Å². The van der Waals surface area contributed by atoms with Gasteiger partial charge >= 0.3 is 0 Å². The molecule has 20 heavy (non-hydrogen) atoms. The summed E-state index contributed by atoms with van der Waals surface area (Å²) in [4.78, 5) is 2.32. The van der Waals surface area contributed by atoms with Crippen molar-refractivity contribution in [2.45, 2.75) is 31.1 Å². The van der Waals surface area contributed by atoms with E-state index in [4.69, 9.17) is 5.14 Å². The van der Waals surface area contributed by atoms with E-state index < -0.39 is 10.0 Å². The predicted molar refractivity (Wildman–Crippen MR) is 80.0 cm³/mol.